The van der Waals surface area contributed by atoms with Crippen molar-refractivity contribution in [2.75, 3.05) is 47.1 Å². The van der Waals surface area contributed by atoms with Crippen molar-refractivity contribution in [3.05, 3.63) is 96.0 Å². The lowest BCUT2D eigenvalue weighted by Gasteiger charge is -2.43. The second-order valence-corrected chi connectivity index (χ2v) is 20.7. The fraction of sp³-hybridized carbons (Fsp3) is 0.324. The molecule has 60 heavy (non-hydrogen) atoms. The van der Waals surface area contributed by atoms with Crippen molar-refractivity contribution in [1.82, 2.24) is 15.6 Å². The predicted octanol–water partition coefficient (Wildman–Crippen LogP) is 3.14. The summed E-state index contributed by atoms with van der Waals surface area (Å²) in [6, 6.07) is 17.4. The number of fused-ring (bicyclic) bond motifs is 3. The Balaban J connectivity index is 1.68. The molecule has 2 amide bonds. The third kappa shape index (κ3) is 10.8. The first-order valence-electron chi connectivity index (χ1n) is 18.0. The molecule has 3 aromatic carbocycles. The van der Waals surface area contributed by atoms with Gasteiger partial charge in [0.2, 0.25) is 0 Å². The molecule has 0 saturated heterocycles. The molecule has 0 spiro atoms. The zero-order valence-electron chi connectivity index (χ0n) is 32.4. The number of rotatable bonds is 17. The van der Waals surface area contributed by atoms with Crippen LogP contribution in [0.3, 0.4) is 0 Å². The lowest BCUT2D eigenvalue weighted by Crippen LogP contribution is -2.52. The van der Waals surface area contributed by atoms with E-state index in [2.05, 4.69) is 20.9 Å². The number of benzene rings is 3. The highest BCUT2D eigenvalue weighted by Gasteiger charge is 2.53. The van der Waals surface area contributed by atoms with Crippen molar-refractivity contribution in [2.24, 2.45) is 0 Å². The largest absolute Gasteiger partial charge is 0.362 e. The van der Waals surface area contributed by atoms with Crippen molar-refractivity contribution in [2.45, 2.75) is 43.0 Å². The molecule has 1 aromatic heterocycles. The Bertz CT molecular complexity index is 2750. The second-order valence-electron chi connectivity index (χ2n) is 14.6. The van der Waals surface area contributed by atoms with E-state index in [1.807, 2.05) is 57.2 Å². The summed E-state index contributed by atoms with van der Waals surface area (Å²) in [5, 5.41) is 8.10. The van der Waals surface area contributed by atoms with Crippen LogP contribution in [0, 0.1) is 0 Å². The summed E-state index contributed by atoms with van der Waals surface area (Å²) in [7, 11) is -18.3. The predicted molar refractivity (Wildman–Crippen MR) is 224 cm³/mol. The summed E-state index contributed by atoms with van der Waals surface area (Å²) in [6.07, 6.45) is 3.50. The molecule has 4 aromatic rings. The highest BCUT2D eigenvalue weighted by atomic mass is 32.2. The minimum atomic E-state index is -5.01. The van der Waals surface area contributed by atoms with Crippen molar-refractivity contribution in [3.63, 3.8) is 0 Å². The van der Waals surface area contributed by atoms with E-state index < -0.39 is 110 Å². The molecule has 19 nitrogen and oxygen atoms in total. The van der Waals surface area contributed by atoms with Crippen molar-refractivity contribution >= 4 is 74.4 Å². The molecule has 1 aliphatic rings. The molecule has 7 N–H and O–H groups in total. The quantitative estimate of drug-likeness (QED) is 0.0749. The van der Waals surface area contributed by atoms with Gasteiger partial charge in [-0.2, -0.15) is 33.7 Å². The molecule has 0 radical (unpaired) electrons. The maximum absolute atomic E-state index is 13.2. The Hall–Kier alpha value is -5.01. The Morgan fingerprint density at radius 1 is 0.700 bits per heavy atom. The normalized spacial score (nSPS) is 16.8. The average molecular weight is 910 g/mol. The molecule has 5 rings (SSSR count). The van der Waals surface area contributed by atoms with Crippen LogP contribution in [-0.2, 0) is 45.9 Å². The van der Waals surface area contributed by atoms with E-state index in [4.69, 9.17) is 9.11 Å². The third-order valence-corrected chi connectivity index (χ3v) is 13.4. The van der Waals surface area contributed by atoms with Crippen LogP contribution in [0.25, 0.3) is 21.9 Å². The Labute approximate surface area is 347 Å². The fourth-order valence-electron chi connectivity index (χ4n) is 7.07. The first-order valence-corrected chi connectivity index (χ1v) is 24.3. The van der Waals surface area contributed by atoms with Gasteiger partial charge < -0.3 is 20.9 Å². The summed E-state index contributed by atoms with van der Waals surface area (Å²) in [5.41, 5.74) is -0.716. The van der Waals surface area contributed by atoms with Crippen molar-refractivity contribution in [1.29, 1.82) is 0 Å². The third-order valence-electron chi connectivity index (χ3n) is 10.2. The highest BCUT2D eigenvalue weighted by Crippen LogP contribution is 2.56. The Kier molecular flexibility index (Phi) is 13.2. The van der Waals surface area contributed by atoms with Gasteiger partial charge in [0.05, 0.1) is 22.8 Å². The van der Waals surface area contributed by atoms with Crippen molar-refractivity contribution < 1.29 is 61.5 Å². The van der Waals surface area contributed by atoms with Gasteiger partial charge in [-0.15, -0.1) is 0 Å². The van der Waals surface area contributed by atoms with Gasteiger partial charge in [-0.1, -0.05) is 44.2 Å². The number of anilines is 2. The van der Waals surface area contributed by atoms with Gasteiger partial charge in [0, 0.05) is 41.8 Å². The number of nitrogens with zero attached hydrogens (tertiary/aromatic N) is 2. The van der Waals surface area contributed by atoms with Gasteiger partial charge in [-0.05, 0) is 84.1 Å². The van der Waals surface area contributed by atoms with Crippen LogP contribution < -0.4 is 20.9 Å². The second kappa shape index (κ2) is 17.2. The SMILES string of the molecule is CC1(C)c2c(cc(S(=O)(=O)O)c3cc(-c4cc(C(=O)NCCS(=O)(=O)O)nc(C(=O)NCCS(=O)(=O)O)c4)ccc23)N(CCCS(=O)(=O)O)[C@@]1(C)/C=C/Nc1ccccc1. The minimum absolute atomic E-state index is 0.0190. The Morgan fingerprint density at radius 3 is 1.77 bits per heavy atom. The maximum atomic E-state index is 13.2. The molecule has 0 aliphatic carbocycles. The first-order chi connectivity index (χ1) is 27.7. The average Bonchev–Trinajstić information content (AvgIpc) is 3.30. The van der Waals surface area contributed by atoms with Gasteiger partial charge in [-0.25, -0.2) is 4.98 Å². The van der Waals surface area contributed by atoms with E-state index in [1.54, 1.807) is 23.2 Å². The zero-order valence-corrected chi connectivity index (χ0v) is 35.6. The maximum Gasteiger partial charge on any atom is 0.295 e. The van der Waals surface area contributed by atoms with Gasteiger partial charge >= 0.3 is 0 Å². The van der Waals surface area contributed by atoms with Gasteiger partial charge in [-0.3, -0.25) is 27.8 Å². The van der Waals surface area contributed by atoms with Crippen LogP contribution in [0.1, 0.15) is 53.7 Å². The van der Waals surface area contributed by atoms with Crippen LogP contribution in [0.4, 0.5) is 11.4 Å². The van der Waals surface area contributed by atoms with Crippen LogP contribution >= 0.6 is 0 Å². The topological polar surface area (TPSA) is 304 Å². The van der Waals surface area contributed by atoms with Crippen molar-refractivity contribution in [3.8, 4) is 11.1 Å². The number of amides is 2. The summed E-state index contributed by atoms with van der Waals surface area (Å²) in [5.74, 6) is -4.23. The standard InChI is InChI=1S/C37H43N5O14S4/c1-36(2)33-27-11-10-24(25-21-29(34(43)39-14-18-58(48,49)50)41-30(22-25)35(44)40-15-19-59(51,52)53)20-28(27)32(60(54,55)56)23-31(33)42(16-7-17-57(45,46)47)37(36,3)12-13-38-26-8-5-4-6-9-26/h4-6,8-13,20-23,38H,7,14-19H2,1-3H3,(H,39,43)(H,40,44)(H,45,46,47)(H,48,49,50)(H,51,52,53)(H,54,55,56)/b13-12+/t37-/m0/s1. The van der Waals surface area contributed by atoms with Gasteiger partial charge in [0.1, 0.15) is 16.3 Å². The number of aromatic nitrogens is 1. The smallest absolute Gasteiger partial charge is 0.295 e. The first kappa shape index (κ1) is 46.1. The summed E-state index contributed by atoms with van der Waals surface area (Å²) >= 11 is 0. The summed E-state index contributed by atoms with van der Waals surface area (Å²) < 4.78 is 133. The molecule has 23 heteroatoms. The molecule has 1 atom stereocenters. The van der Waals surface area contributed by atoms with E-state index in [0.29, 0.717) is 16.6 Å². The van der Waals surface area contributed by atoms with E-state index in [0.717, 1.165) is 5.69 Å². The molecule has 0 fully saturated rings. The lowest BCUT2D eigenvalue weighted by molar-refractivity contribution is 0.0947. The van der Waals surface area contributed by atoms with Crippen LogP contribution in [0.15, 0.2) is 83.9 Å². The highest BCUT2D eigenvalue weighted by molar-refractivity contribution is 7.86. The van der Waals surface area contributed by atoms with Crippen LogP contribution in [-0.4, -0.2) is 111 Å². The summed E-state index contributed by atoms with van der Waals surface area (Å²) in [4.78, 5) is 31.6. The van der Waals surface area contributed by atoms with E-state index in [-0.39, 0.29) is 29.5 Å². The number of hydrogen-bond acceptors (Lipinski definition) is 13. The molecule has 0 saturated carbocycles. The number of pyridine rings is 1. The monoisotopic (exact) mass is 909 g/mol. The van der Waals surface area contributed by atoms with E-state index in [1.165, 1.54) is 24.3 Å². The molecule has 2 heterocycles. The number of carbonyl (C=O) groups is 2. The fourth-order valence-corrected chi connectivity index (χ4v) is 8.99. The van der Waals surface area contributed by atoms with Gasteiger partial charge in [0.25, 0.3) is 52.3 Å². The van der Waals surface area contributed by atoms with E-state index >= 15 is 0 Å². The van der Waals surface area contributed by atoms with Gasteiger partial charge in [0.15, 0.2) is 0 Å². The molecule has 0 unspecified atom stereocenters. The Morgan fingerprint density at radius 2 is 1.25 bits per heavy atom. The number of para-hydroxylation sites is 1. The van der Waals surface area contributed by atoms with E-state index in [9.17, 15) is 52.4 Å². The number of nitrogens with one attached hydrogen (secondary N) is 3. The molecule has 0 bridgehead atoms. The molecule has 324 valence electrons. The van der Waals surface area contributed by atoms with Crippen LogP contribution in [0.2, 0.25) is 0 Å². The lowest BCUT2D eigenvalue weighted by atomic mass is 9.70. The molecular formula is C37H43N5O14S4. The molecule has 1 aliphatic heterocycles. The molecular weight excluding hydrogens is 867 g/mol. The minimum Gasteiger partial charge on any atom is -0.362 e. The zero-order chi connectivity index (χ0) is 44.5. The number of hydrogen-bond donors (Lipinski definition) is 7. The van der Waals surface area contributed by atoms with Crippen LogP contribution in [0.5, 0.6) is 0 Å². The number of carbonyl (C=O) groups excluding carboxylic acids is 2. The summed E-state index contributed by atoms with van der Waals surface area (Å²) in [6.45, 7) is 4.63.